The Hall–Kier alpha value is -0.0400. The normalized spacial score (nSPS) is 34.4. The zero-order valence-electron chi connectivity index (χ0n) is 11.8. The van der Waals surface area contributed by atoms with Gasteiger partial charge in [-0.2, -0.15) is 0 Å². The third kappa shape index (κ3) is 4.14. The molecule has 0 aromatic carbocycles. The largest absolute Gasteiger partial charge is 0.306 e. The number of rotatable bonds is 0. The van der Waals surface area contributed by atoms with Gasteiger partial charge in [0.1, 0.15) is 0 Å². The Kier molecular flexibility index (Phi) is 7.25. The van der Waals surface area contributed by atoms with Crippen molar-refractivity contribution in [2.24, 2.45) is 11.3 Å². The summed E-state index contributed by atoms with van der Waals surface area (Å²) in [4.78, 5) is 2.50. The van der Waals surface area contributed by atoms with E-state index in [9.17, 15) is 0 Å². The van der Waals surface area contributed by atoms with E-state index in [2.05, 4.69) is 18.9 Å². The van der Waals surface area contributed by atoms with Gasteiger partial charge in [0.2, 0.25) is 0 Å². The molecular weight excluding hydrogens is 182 g/mol. The molecule has 0 aromatic heterocycles. The molecule has 1 aliphatic carbocycles. The Morgan fingerprint density at radius 2 is 1.67 bits per heavy atom. The van der Waals surface area contributed by atoms with Crippen molar-refractivity contribution in [2.75, 3.05) is 20.1 Å². The molecule has 92 valence electrons. The first-order valence-electron chi connectivity index (χ1n) is 6.89. The van der Waals surface area contributed by atoms with Gasteiger partial charge < -0.3 is 4.90 Å². The number of hydrogen-bond donors (Lipinski definition) is 0. The van der Waals surface area contributed by atoms with Gasteiger partial charge in [0, 0.05) is 6.54 Å². The van der Waals surface area contributed by atoms with Crippen LogP contribution in [0.25, 0.3) is 0 Å². The quantitative estimate of drug-likeness (QED) is 0.583. The minimum Gasteiger partial charge on any atom is -0.306 e. The molecule has 0 unspecified atom stereocenters. The van der Waals surface area contributed by atoms with E-state index in [4.69, 9.17) is 0 Å². The van der Waals surface area contributed by atoms with E-state index < -0.39 is 0 Å². The van der Waals surface area contributed by atoms with E-state index in [-0.39, 0.29) is 0 Å². The molecule has 0 aromatic rings. The fourth-order valence-electron chi connectivity index (χ4n) is 3.03. The lowest BCUT2D eigenvalue weighted by Gasteiger charge is -2.22. The summed E-state index contributed by atoms with van der Waals surface area (Å²) in [6, 6.07) is 0. The Morgan fingerprint density at radius 3 is 2.00 bits per heavy atom. The van der Waals surface area contributed by atoms with E-state index >= 15 is 0 Å². The van der Waals surface area contributed by atoms with Crippen LogP contribution in [0.2, 0.25) is 0 Å². The van der Waals surface area contributed by atoms with Crippen LogP contribution in [0.1, 0.15) is 60.3 Å². The monoisotopic (exact) mass is 213 g/mol. The summed E-state index contributed by atoms with van der Waals surface area (Å²) in [7, 11) is 2.26. The highest BCUT2D eigenvalue weighted by atomic mass is 15.1. The standard InChI is InChI=1S/C10H19N.2C2H6/c1-9-3-4-10(7-9)5-6-11(2)8-10;2*1-2/h9H,3-8H2,1-2H3;2*1-2H3/t9-,10-;;/m1../s1. The molecule has 2 fully saturated rings. The van der Waals surface area contributed by atoms with Crippen molar-refractivity contribution in [3.05, 3.63) is 0 Å². The third-order valence-electron chi connectivity index (χ3n) is 3.58. The summed E-state index contributed by atoms with van der Waals surface area (Å²) in [5.74, 6) is 1.00. The molecule has 15 heavy (non-hydrogen) atoms. The lowest BCUT2D eigenvalue weighted by atomic mass is 9.85. The molecule has 1 aliphatic heterocycles. The zero-order valence-corrected chi connectivity index (χ0v) is 11.8. The van der Waals surface area contributed by atoms with Gasteiger partial charge >= 0.3 is 0 Å². The first-order chi connectivity index (χ1) is 7.20. The first kappa shape index (κ1) is 15.0. The summed E-state index contributed by atoms with van der Waals surface area (Å²) < 4.78 is 0. The summed E-state index contributed by atoms with van der Waals surface area (Å²) in [5.41, 5.74) is 0.758. The molecule has 1 heteroatoms. The fraction of sp³-hybridized carbons (Fsp3) is 1.00. The topological polar surface area (TPSA) is 3.24 Å². The summed E-state index contributed by atoms with van der Waals surface area (Å²) >= 11 is 0. The van der Waals surface area contributed by atoms with Gasteiger partial charge in [-0.05, 0) is 44.2 Å². The Bertz CT molecular complexity index is 135. The molecule has 1 nitrogen and oxygen atoms in total. The molecule has 0 radical (unpaired) electrons. The van der Waals surface area contributed by atoms with Crippen LogP contribution in [0, 0.1) is 11.3 Å². The molecule has 2 rings (SSSR count). The zero-order chi connectivity index (χ0) is 11.9. The van der Waals surface area contributed by atoms with Crippen LogP contribution in [-0.2, 0) is 0 Å². The molecular formula is C14H31N. The number of nitrogens with zero attached hydrogens (tertiary/aromatic N) is 1. The van der Waals surface area contributed by atoms with Crippen molar-refractivity contribution in [1.82, 2.24) is 4.90 Å². The van der Waals surface area contributed by atoms with E-state index in [1.807, 2.05) is 27.7 Å². The fourth-order valence-corrected chi connectivity index (χ4v) is 3.03. The van der Waals surface area contributed by atoms with Crippen LogP contribution in [0.4, 0.5) is 0 Å². The van der Waals surface area contributed by atoms with E-state index in [0.717, 1.165) is 11.3 Å². The van der Waals surface area contributed by atoms with Crippen molar-refractivity contribution in [3.63, 3.8) is 0 Å². The molecule has 2 aliphatic rings. The SMILES string of the molecule is CC.CC.C[C@@H]1CC[C@@]2(CCN(C)C2)C1. The van der Waals surface area contributed by atoms with Crippen LogP contribution in [0.5, 0.6) is 0 Å². The average molecular weight is 213 g/mol. The molecule has 1 heterocycles. The van der Waals surface area contributed by atoms with Crippen LogP contribution >= 0.6 is 0 Å². The Labute approximate surface area is 97.2 Å². The summed E-state index contributed by atoms with van der Waals surface area (Å²) in [5, 5.41) is 0. The summed E-state index contributed by atoms with van der Waals surface area (Å²) in [6.07, 6.45) is 5.94. The molecule has 2 atom stereocenters. The molecule has 0 bridgehead atoms. The van der Waals surface area contributed by atoms with Gasteiger partial charge in [-0.1, -0.05) is 41.0 Å². The van der Waals surface area contributed by atoms with E-state index in [1.165, 1.54) is 38.8 Å². The molecule has 0 amide bonds. The molecule has 1 saturated heterocycles. The van der Waals surface area contributed by atoms with Gasteiger partial charge in [-0.15, -0.1) is 0 Å². The minimum atomic E-state index is 0.758. The highest BCUT2D eigenvalue weighted by Gasteiger charge is 2.41. The maximum atomic E-state index is 2.50. The maximum absolute atomic E-state index is 2.50. The molecule has 1 spiro atoms. The van der Waals surface area contributed by atoms with Crippen molar-refractivity contribution in [1.29, 1.82) is 0 Å². The Morgan fingerprint density at radius 1 is 1.07 bits per heavy atom. The number of hydrogen-bond acceptors (Lipinski definition) is 1. The molecule has 0 N–H and O–H groups in total. The van der Waals surface area contributed by atoms with Crippen LogP contribution in [0.15, 0.2) is 0 Å². The van der Waals surface area contributed by atoms with Crippen molar-refractivity contribution in [2.45, 2.75) is 60.3 Å². The van der Waals surface area contributed by atoms with Gasteiger partial charge in [0.05, 0.1) is 0 Å². The van der Waals surface area contributed by atoms with Crippen LogP contribution in [0.3, 0.4) is 0 Å². The lowest BCUT2D eigenvalue weighted by Crippen LogP contribution is -2.21. The first-order valence-corrected chi connectivity index (χ1v) is 6.89. The number of likely N-dealkylation sites (tertiary alicyclic amines) is 1. The highest BCUT2D eigenvalue weighted by molar-refractivity contribution is 4.94. The van der Waals surface area contributed by atoms with Gasteiger partial charge in [0.15, 0.2) is 0 Å². The van der Waals surface area contributed by atoms with E-state index in [0.29, 0.717) is 0 Å². The average Bonchev–Trinajstić information content (AvgIpc) is 2.81. The molecule has 1 saturated carbocycles. The van der Waals surface area contributed by atoms with Crippen LogP contribution in [-0.4, -0.2) is 25.0 Å². The van der Waals surface area contributed by atoms with Crippen molar-refractivity contribution >= 4 is 0 Å². The minimum absolute atomic E-state index is 0.758. The van der Waals surface area contributed by atoms with E-state index in [1.54, 1.807) is 0 Å². The second-order valence-corrected chi connectivity index (χ2v) is 4.84. The second kappa shape index (κ2) is 7.27. The van der Waals surface area contributed by atoms with Crippen LogP contribution < -0.4 is 0 Å². The van der Waals surface area contributed by atoms with Gasteiger partial charge in [0.25, 0.3) is 0 Å². The second-order valence-electron chi connectivity index (χ2n) is 4.84. The Balaban J connectivity index is 0.000000442. The smallest absolute Gasteiger partial charge is 0.00355 e. The summed E-state index contributed by atoms with van der Waals surface area (Å²) in [6.45, 7) is 13.1. The predicted molar refractivity (Wildman–Crippen MR) is 70.3 cm³/mol. The van der Waals surface area contributed by atoms with Gasteiger partial charge in [-0.3, -0.25) is 0 Å². The van der Waals surface area contributed by atoms with Crippen molar-refractivity contribution < 1.29 is 0 Å². The predicted octanol–water partition coefficient (Wildman–Crippen LogP) is 4.18. The third-order valence-corrected chi connectivity index (χ3v) is 3.58. The van der Waals surface area contributed by atoms with Gasteiger partial charge in [-0.25, -0.2) is 0 Å². The lowest BCUT2D eigenvalue weighted by molar-refractivity contribution is 0.281. The maximum Gasteiger partial charge on any atom is 0.00355 e. The van der Waals surface area contributed by atoms with Crippen molar-refractivity contribution in [3.8, 4) is 0 Å². The highest BCUT2D eigenvalue weighted by Crippen LogP contribution is 2.47.